The first-order valence-corrected chi connectivity index (χ1v) is 6.31. The van der Waals surface area contributed by atoms with Crippen molar-refractivity contribution in [1.29, 1.82) is 0 Å². The molecule has 0 aliphatic carbocycles. The minimum Gasteiger partial charge on any atom is -0.395 e. The Morgan fingerprint density at radius 3 is 2.73 bits per heavy atom. The molecule has 0 fully saturated rings. The molecule has 0 atom stereocenters. The van der Waals surface area contributed by atoms with E-state index in [1.165, 1.54) is 12.1 Å². The molecule has 15 heavy (non-hydrogen) atoms. The fraction of sp³-hybridized carbons (Fsp3) is 0.250. The van der Waals surface area contributed by atoms with Crippen molar-refractivity contribution in [2.45, 2.75) is 4.90 Å². The van der Waals surface area contributed by atoms with Crippen LogP contribution in [0.4, 0.5) is 4.39 Å². The van der Waals surface area contributed by atoms with E-state index in [0.29, 0.717) is 0 Å². The summed E-state index contributed by atoms with van der Waals surface area (Å²) in [5, 5.41) is 8.47. The standard InChI is InChI=1S/C8H9BrFNO3S/c9-6-2-1-3-7(8(6)10)15(13,14)11-4-5-12/h1-3,11-12H,4-5H2. The molecule has 0 saturated carbocycles. The number of benzene rings is 1. The maximum Gasteiger partial charge on any atom is 0.243 e. The highest BCUT2D eigenvalue weighted by atomic mass is 79.9. The zero-order valence-electron chi connectivity index (χ0n) is 7.57. The van der Waals surface area contributed by atoms with Gasteiger partial charge in [-0.15, -0.1) is 0 Å². The summed E-state index contributed by atoms with van der Waals surface area (Å²) in [7, 11) is -3.89. The molecule has 1 rings (SSSR count). The van der Waals surface area contributed by atoms with E-state index >= 15 is 0 Å². The number of hydrogen-bond acceptors (Lipinski definition) is 3. The van der Waals surface area contributed by atoms with Gasteiger partial charge in [0.15, 0.2) is 5.82 Å². The van der Waals surface area contributed by atoms with Gasteiger partial charge >= 0.3 is 0 Å². The van der Waals surface area contributed by atoms with Crippen LogP contribution in [0.1, 0.15) is 0 Å². The molecule has 0 spiro atoms. The molecule has 4 nitrogen and oxygen atoms in total. The second kappa shape index (κ2) is 5.02. The summed E-state index contributed by atoms with van der Waals surface area (Å²) in [4.78, 5) is -0.440. The highest BCUT2D eigenvalue weighted by molar-refractivity contribution is 9.10. The second-order valence-corrected chi connectivity index (χ2v) is 5.26. The molecule has 2 N–H and O–H groups in total. The van der Waals surface area contributed by atoms with Crippen LogP contribution >= 0.6 is 15.9 Å². The number of halogens is 2. The zero-order valence-corrected chi connectivity index (χ0v) is 9.98. The van der Waals surface area contributed by atoms with E-state index in [1.54, 1.807) is 0 Å². The number of aliphatic hydroxyl groups is 1. The first-order valence-electron chi connectivity index (χ1n) is 4.03. The minimum absolute atomic E-state index is 0.0781. The maximum absolute atomic E-state index is 13.4. The van der Waals surface area contributed by atoms with Crippen LogP contribution in [0, 0.1) is 5.82 Å². The van der Waals surface area contributed by atoms with Crippen molar-refractivity contribution in [3.8, 4) is 0 Å². The third kappa shape index (κ3) is 2.97. The fourth-order valence-electron chi connectivity index (χ4n) is 0.949. The van der Waals surface area contributed by atoms with Gasteiger partial charge in [0.2, 0.25) is 10.0 Å². The Bertz CT molecular complexity index is 449. The van der Waals surface area contributed by atoms with Crippen LogP contribution in [0.5, 0.6) is 0 Å². The first kappa shape index (κ1) is 12.6. The molecular formula is C8H9BrFNO3S. The lowest BCUT2D eigenvalue weighted by atomic mass is 10.3. The predicted molar refractivity (Wildman–Crippen MR) is 56.4 cm³/mol. The molecule has 1 aromatic carbocycles. The second-order valence-electron chi connectivity index (χ2n) is 2.67. The van der Waals surface area contributed by atoms with Crippen molar-refractivity contribution in [1.82, 2.24) is 4.72 Å². The van der Waals surface area contributed by atoms with E-state index in [2.05, 4.69) is 20.7 Å². The van der Waals surface area contributed by atoms with Crippen molar-refractivity contribution in [2.75, 3.05) is 13.2 Å². The van der Waals surface area contributed by atoms with Gasteiger partial charge in [0.25, 0.3) is 0 Å². The van der Waals surface area contributed by atoms with Gasteiger partial charge in [-0.3, -0.25) is 0 Å². The van der Waals surface area contributed by atoms with E-state index in [-0.39, 0.29) is 17.6 Å². The van der Waals surface area contributed by atoms with E-state index in [9.17, 15) is 12.8 Å². The number of rotatable bonds is 4. The van der Waals surface area contributed by atoms with Crippen molar-refractivity contribution in [3.05, 3.63) is 28.5 Å². The van der Waals surface area contributed by atoms with E-state index in [4.69, 9.17) is 5.11 Å². The predicted octanol–water partition coefficient (Wildman–Crippen LogP) is 0.859. The Hall–Kier alpha value is -0.500. The van der Waals surface area contributed by atoms with Crippen LogP contribution in [0.3, 0.4) is 0 Å². The minimum atomic E-state index is -3.89. The van der Waals surface area contributed by atoms with Crippen LogP contribution in [-0.4, -0.2) is 26.7 Å². The Morgan fingerprint density at radius 2 is 2.13 bits per heavy atom. The van der Waals surface area contributed by atoms with Gasteiger partial charge in [-0.25, -0.2) is 17.5 Å². The maximum atomic E-state index is 13.4. The fourth-order valence-corrected chi connectivity index (χ4v) is 2.57. The summed E-state index contributed by atoms with van der Waals surface area (Å²) in [5.41, 5.74) is 0. The largest absolute Gasteiger partial charge is 0.395 e. The molecule has 0 unspecified atom stereocenters. The van der Waals surface area contributed by atoms with Gasteiger partial charge in [0.05, 0.1) is 11.1 Å². The summed E-state index contributed by atoms with van der Waals surface area (Å²) >= 11 is 2.89. The van der Waals surface area contributed by atoms with E-state index in [0.717, 1.165) is 6.07 Å². The lowest BCUT2D eigenvalue weighted by molar-refractivity contribution is 0.301. The van der Waals surface area contributed by atoms with Crippen LogP contribution in [0.15, 0.2) is 27.6 Å². The Balaban J connectivity index is 3.10. The van der Waals surface area contributed by atoms with Gasteiger partial charge in [-0.05, 0) is 28.1 Å². The van der Waals surface area contributed by atoms with Gasteiger partial charge in [-0.1, -0.05) is 6.07 Å². The summed E-state index contributed by atoms with van der Waals surface area (Å²) in [5.74, 6) is -0.845. The third-order valence-electron chi connectivity index (χ3n) is 1.61. The average Bonchev–Trinajstić information content (AvgIpc) is 2.19. The normalized spacial score (nSPS) is 11.7. The van der Waals surface area contributed by atoms with Crippen molar-refractivity contribution in [2.24, 2.45) is 0 Å². The highest BCUT2D eigenvalue weighted by Gasteiger charge is 2.19. The SMILES string of the molecule is O=S(=O)(NCCO)c1cccc(Br)c1F. The van der Waals surface area contributed by atoms with Gasteiger partial charge in [0.1, 0.15) is 4.90 Å². The zero-order chi connectivity index (χ0) is 11.5. The van der Waals surface area contributed by atoms with Crippen molar-refractivity contribution in [3.63, 3.8) is 0 Å². The molecule has 1 aromatic rings. The molecule has 7 heteroatoms. The first-order chi connectivity index (χ1) is 6.99. The summed E-state index contributed by atoms with van der Waals surface area (Å²) in [6.45, 7) is -0.483. The van der Waals surface area contributed by atoms with Crippen LogP contribution in [0.25, 0.3) is 0 Å². The van der Waals surface area contributed by atoms with E-state index < -0.39 is 20.7 Å². The molecule has 0 bridgehead atoms. The topological polar surface area (TPSA) is 66.4 Å². The molecule has 0 heterocycles. The molecular weight excluding hydrogens is 289 g/mol. The third-order valence-corrected chi connectivity index (χ3v) is 3.70. The number of nitrogens with one attached hydrogen (secondary N) is 1. The quantitative estimate of drug-likeness (QED) is 0.866. The average molecular weight is 298 g/mol. The Morgan fingerprint density at radius 1 is 1.47 bits per heavy atom. The smallest absolute Gasteiger partial charge is 0.243 e. The monoisotopic (exact) mass is 297 g/mol. The number of aliphatic hydroxyl groups excluding tert-OH is 1. The van der Waals surface area contributed by atoms with Crippen molar-refractivity contribution >= 4 is 26.0 Å². The number of sulfonamides is 1. The molecule has 0 aromatic heterocycles. The lowest BCUT2D eigenvalue weighted by Gasteiger charge is -2.06. The number of hydrogen-bond donors (Lipinski definition) is 2. The molecule has 0 saturated heterocycles. The lowest BCUT2D eigenvalue weighted by Crippen LogP contribution is -2.27. The summed E-state index contributed by atoms with van der Waals surface area (Å²) in [6.07, 6.45) is 0. The van der Waals surface area contributed by atoms with Gasteiger partial charge in [-0.2, -0.15) is 0 Å². The molecule has 84 valence electrons. The Kier molecular flexibility index (Phi) is 4.21. The van der Waals surface area contributed by atoms with Crippen LogP contribution in [0.2, 0.25) is 0 Å². The summed E-state index contributed by atoms with van der Waals surface area (Å²) in [6, 6.07) is 3.97. The van der Waals surface area contributed by atoms with Crippen molar-refractivity contribution < 1.29 is 17.9 Å². The molecule has 0 aliphatic heterocycles. The Labute approximate surface area is 95.3 Å². The highest BCUT2D eigenvalue weighted by Crippen LogP contribution is 2.21. The molecule has 0 radical (unpaired) electrons. The molecule has 0 aliphatic rings. The van der Waals surface area contributed by atoms with Gasteiger partial charge in [0, 0.05) is 6.54 Å². The molecule has 0 amide bonds. The van der Waals surface area contributed by atoms with Crippen LogP contribution in [-0.2, 0) is 10.0 Å². The van der Waals surface area contributed by atoms with E-state index in [1.807, 2.05) is 0 Å². The summed E-state index contributed by atoms with van der Waals surface area (Å²) < 4.78 is 38.5. The van der Waals surface area contributed by atoms with Gasteiger partial charge < -0.3 is 5.11 Å². The van der Waals surface area contributed by atoms with Crippen LogP contribution < -0.4 is 4.72 Å².